The molecule has 0 aliphatic heterocycles. The maximum atomic E-state index is 13.9. The molecule has 0 fully saturated rings. The maximum Gasteiger partial charge on any atom is 0.254 e. The van der Waals surface area contributed by atoms with Gasteiger partial charge in [0.15, 0.2) is 0 Å². The van der Waals surface area contributed by atoms with E-state index >= 15 is 0 Å². The molecular formula is C20H24F2N2O4S. The zero-order valence-electron chi connectivity index (χ0n) is 16.4. The number of aliphatic hydroxyl groups excluding tert-OH is 1. The monoisotopic (exact) mass is 426 g/mol. The summed E-state index contributed by atoms with van der Waals surface area (Å²) in [5, 5.41) is 10.5. The highest BCUT2D eigenvalue weighted by Gasteiger charge is 2.22. The molecule has 0 heterocycles. The number of anilines is 1. The molecule has 2 aromatic rings. The van der Waals surface area contributed by atoms with Crippen LogP contribution in [0.3, 0.4) is 0 Å². The Morgan fingerprint density at radius 3 is 2.28 bits per heavy atom. The van der Waals surface area contributed by atoms with Gasteiger partial charge in [-0.15, -0.1) is 0 Å². The third kappa shape index (κ3) is 6.79. The Kier molecular flexibility index (Phi) is 7.32. The normalized spacial score (nSPS) is 12.7. The quantitative estimate of drug-likeness (QED) is 0.679. The lowest BCUT2D eigenvalue weighted by Crippen LogP contribution is -2.37. The van der Waals surface area contributed by atoms with Crippen LogP contribution in [0.25, 0.3) is 0 Å². The van der Waals surface area contributed by atoms with Crippen LogP contribution in [0.5, 0.6) is 0 Å². The third-order valence-corrected chi connectivity index (χ3v) is 4.62. The lowest BCUT2D eigenvalue weighted by Gasteiger charge is -2.27. The summed E-state index contributed by atoms with van der Waals surface area (Å²) in [6, 6.07) is 8.68. The first-order valence-corrected chi connectivity index (χ1v) is 10.9. The molecule has 0 bridgehead atoms. The number of sulfonamides is 1. The van der Waals surface area contributed by atoms with Crippen LogP contribution in [0.2, 0.25) is 0 Å². The molecule has 0 radical (unpaired) electrons. The molecule has 0 saturated carbocycles. The molecule has 0 unspecified atom stereocenters. The SMILES string of the molecule is CC(C)CN(C[C@@H](O)c1ccc(F)cc1)C(=O)c1ccc(F)c(NS(C)(=O)=O)c1. The summed E-state index contributed by atoms with van der Waals surface area (Å²) in [5.41, 5.74) is 0.193. The Morgan fingerprint density at radius 1 is 1.10 bits per heavy atom. The number of aliphatic hydroxyl groups is 1. The van der Waals surface area contributed by atoms with Crippen LogP contribution in [-0.2, 0) is 10.0 Å². The van der Waals surface area contributed by atoms with Crippen LogP contribution in [0.4, 0.5) is 14.5 Å². The van der Waals surface area contributed by atoms with Gasteiger partial charge in [-0.05, 0) is 41.8 Å². The second-order valence-electron chi connectivity index (χ2n) is 7.24. The molecule has 0 aromatic heterocycles. The van der Waals surface area contributed by atoms with Crippen molar-refractivity contribution in [3.8, 4) is 0 Å². The van der Waals surface area contributed by atoms with E-state index in [2.05, 4.69) is 0 Å². The number of nitrogens with zero attached hydrogens (tertiary/aromatic N) is 1. The molecule has 9 heteroatoms. The van der Waals surface area contributed by atoms with E-state index in [1.807, 2.05) is 18.6 Å². The Hall–Kier alpha value is -2.52. The van der Waals surface area contributed by atoms with Crippen LogP contribution in [0, 0.1) is 17.6 Å². The van der Waals surface area contributed by atoms with Crippen molar-refractivity contribution in [2.75, 3.05) is 24.1 Å². The van der Waals surface area contributed by atoms with Crippen molar-refractivity contribution in [1.82, 2.24) is 4.90 Å². The first-order valence-electron chi connectivity index (χ1n) is 8.96. The van der Waals surface area contributed by atoms with Crippen molar-refractivity contribution in [2.45, 2.75) is 20.0 Å². The minimum Gasteiger partial charge on any atom is -0.387 e. The van der Waals surface area contributed by atoms with Crippen LogP contribution in [0.1, 0.15) is 35.9 Å². The minimum absolute atomic E-state index is 0.0607. The second-order valence-corrected chi connectivity index (χ2v) is 8.99. The molecule has 0 spiro atoms. The molecule has 2 aromatic carbocycles. The molecular weight excluding hydrogens is 402 g/mol. The lowest BCUT2D eigenvalue weighted by molar-refractivity contribution is 0.0594. The van der Waals surface area contributed by atoms with Crippen molar-refractivity contribution in [2.24, 2.45) is 5.92 Å². The first kappa shape index (κ1) is 22.8. The average Bonchev–Trinajstić information content (AvgIpc) is 2.61. The number of nitrogens with one attached hydrogen (secondary N) is 1. The first-order chi connectivity index (χ1) is 13.5. The summed E-state index contributed by atoms with van der Waals surface area (Å²) < 4.78 is 51.9. The van der Waals surface area contributed by atoms with Crippen LogP contribution in [-0.4, -0.2) is 43.7 Å². The maximum absolute atomic E-state index is 13.9. The van der Waals surface area contributed by atoms with Crippen molar-refractivity contribution < 1.29 is 27.1 Å². The number of hydrogen-bond acceptors (Lipinski definition) is 4. The van der Waals surface area contributed by atoms with Crippen molar-refractivity contribution in [3.05, 3.63) is 65.2 Å². The van der Waals surface area contributed by atoms with Crippen molar-refractivity contribution >= 4 is 21.6 Å². The molecule has 6 nitrogen and oxygen atoms in total. The summed E-state index contributed by atoms with van der Waals surface area (Å²) in [7, 11) is -3.73. The van der Waals surface area contributed by atoms with Gasteiger partial charge in [0.2, 0.25) is 10.0 Å². The van der Waals surface area contributed by atoms with E-state index in [1.165, 1.54) is 35.2 Å². The minimum atomic E-state index is -3.73. The van der Waals surface area contributed by atoms with E-state index in [0.29, 0.717) is 12.1 Å². The fourth-order valence-corrected chi connectivity index (χ4v) is 3.35. The van der Waals surface area contributed by atoms with Gasteiger partial charge in [0.05, 0.1) is 24.6 Å². The van der Waals surface area contributed by atoms with E-state index in [-0.39, 0.29) is 23.7 Å². The van der Waals surface area contributed by atoms with Gasteiger partial charge in [-0.3, -0.25) is 9.52 Å². The predicted molar refractivity (Wildman–Crippen MR) is 107 cm³/mol. The number of benzene rings is 2. The molecule has 158 valence electrons. The van der Waals surface area contributed by atoms with Gasteiger partial charge < -0.3 is 10.0 Å². The zero-order chi connectivity index (χ0) is 21.8. The number of carbonyl (C=O) groups excluding carboxylic acids is 1. The highest BCUT2D eigenvalue weighted by molar-refractivity contribution is 7.92. The Morgan fingerprint density at radius 2 is 1.72 bits per heavy atom. The van der Waals surface area contributed by atoms with E-state index in [1.54, 1.807) is 0 Å². The fraction of sp³-hybridized carbons (Fsp3) is 0.350. The van der Waals surface area contributed by atoms with Crippen LogP contribution in [0.15, 0.2) is 42.5 Å². The van der Waals surface area contributed by atoms with Gasteiger partial charge in [0, 0.05) is 12.1 Å². The molecule has 0 aliphatic rings. The highest BCUT2D eigenvalue weighted by Crippen LogP contribution is 2.21. The van der Waals surface area contributed by atoms with E-state index in [9.17, 15) is 27.1 Å². The highest BCUT2D eigenvalue weighted by atomic mass is 32.2. The Balaban J connectivity index is 2.28. The number of rotatable bonds is 8. The molecule has 0 aliphatic carbocycles. The molecule has 2 rings (SSSR count). The van der Waals surface area contributed by atoms with E-state index in [0.717, 1.165) is 18.4 Å². The molecule has 2 N–H and O–H groups in total. The number of carbonyl (C=O) groups is 1. The lowest BCUT2D eigenvalue weighted by atomic mass is 10.1. The van der Waals surface area contributed by atoms with E-state index in [4.69, 9.17) is 0 Å². The summed E-state index contributed by atoms with van der Waals surface area (Å²) in [4.78, 5) is 14.4. The topological polar surface area (TPSA) is 86.7 Å². The van der Waals surface area contributed by atoms with Gasteiger partial charge >= 0.3 is 0 Å². The van der Waals surface area contributed by atoms with Crippen molar-refractivity contribution in [1.29, 1.82) is 0 Å². The Bertz CT molecular complexity index is 963. The predicted octanol–water partition coefficient (Wildman–Crippen LogP) is 3.17. The van der Waals surface area contributed by atoms with Gasteiger partial charge in [-0.2, -0.15) is 0 Å². The zero-order valence-corrected chi connectivity index (χ0v) is 17.2. The van der Waals surface area contributed by atoms with Crippen LogP contribution >= 0.6 is 0 Å². The molecule has 29 heavy (non-hydrogen) atoms. The smallest absolute Gasteiger partial charge is 0.254 e. The van der Waals surface area contributed by atoms with Gasteiger partial charge in [0.1, 0.15) is 11.6 Å². The number of amides is 1. The number of hydrogen-bond donors (Lipinski definition) is 2. The summed E-state index contributed by atoms with van der Waals surface area (Å²) in [5.74, 6) is -1.66. The van der Waals surface area contributed by atoms with Gasteiger partial charge in [-0.1, -0.05) is 26.0 Å². The Labute approximate surface area is 169 Å². The fourth-order valence-electron chi connectivity index (χ4n) is 2.80. The summed E-state index contributed by atoms with van der Waals surface area (Å²) >= 11 is 0. The molecule has 1 amide bonds. The third-order valence-electron chi connectivity index (χ3n) is 4.03. The van der Waals surface area contributed by atoms with E-state index < -0.39 is 33.7 Å². The molecule has 0 saturated heterocycles. The number of halogens is 2. The van der Waals surface area contributed by atoms with Gasteiger partial charge in [0.25, 0.3) is 5.91 Å². The second kappa shape index (κ2) is 9.32. The van der Waals surface area contributed by atoms with Crippen LogP contribution < -0.4 is 4.72 Å². The summed E-state index contributed by atoms with van der Waals surface area (Å²) in [6.07, 6.45) is -0.169. The largest absolute Gasteiger partial charge is 0.387 e. The summed E-state index contributed by atoms with van der Waals surface area (Å²) in [6.45, 7) is 4.04. The average molecular weight is 426 g/mol. The van der Waals surface area contributed by atoms with Gasteiger partial charge in [-0.25, -0.2) is 17.2 Å². The standard InChI is InChI=1S/C20H24F2N2O4S/c1-13(2)11-24(12-19(25)14-4-7-16(21)8-5-14)20(26)15-6-9-17(22)18(10-15)23-29(3,27)28/h4-10,13,19,23,25H,11-12H2,1-3H3/t19-/m1/s1. The van der Waals surface area contributed by atoms with Crippen molar-refractivity contribution in [3.63, 3.8) is 0 Å². The molecule has 1 atom stereocenters.